The van der Waals surface area contributed by atoms with Crippen LogP contribution in [-0.2, 0) is 0 Å². The summed E-state index contributed by atoms with van der Waals surface area (Å²) in [5, 5.41) is 2.55. The minimum Gasteiger partial charge on any atom is -0.341 e. The molecular formula is C9H20N+. The Labute approximate surface area is 64.2 Å². The van der Waals surface area contributed by atoms with Crippen molar-refractivity contribution in [3.8, 4) is 0 Å². The van der Waals surface area contributed by atoms with Crippen molar-refractivity contribution in [3.63, 3.8) is 0 Å². The Morgan fingerprint density at radius 3 is 2.40 bits per heavy atom. The van der Waals surface area contributed by atoms with Gasteiger partial charge in [-0.05, 0) is 26.2 Å². The number of nitrogens with two attached hydrogens (primary N) is 1. The summed E-state index contributed by atoms with van der Waals surface area (Å²) < 4.78 is 0. The van der Waals surface area contributed by atoms with Crippen LogP contribution < -0.4 is 5.32 Å². The molecule has 1 heteroatoms. The molecule has 1 fully saturated rings. The quantitative estimate of drug-likeness (QED) is 0.565. The number of hydrogen-bond acceptors (Lipinski definition) is 0. The average Bonchev–Trinajstić information content (AvgIpc) is 1.88. The van der Waals surface area contributed by atoms with Crippen LogP contribution >= 0.6 is 0 Å². The maximum absolute atomic E-state index is 2.55. The first-order valence-electron chi connectivity index (χ1n) is 4.55. The fourth-order valence-corrected chi connectivity index (χ4v) is 1.85. The van der Waals surface area contributed by atoms with Crippen molar-refractivity contribution in [2.45, 2.75) is 52.1 Å². The summed E-state index contributed by atoms with van der Waals surface area (Å²) in [5.74, 6) is 0.864. The standard InChI is InChI=1S/C9H19N/c1-7(2)9-6-4-5-8(3)10-9/h7-10H,4-6H2,1-3H3/p+1/t8-,9-/m0/s1. The van der Waals surface area contributed by atoms with Gasteiger partial charge in [0.15, 0.2) is 0 Å². The molecule has 0 bridgehead atoms. The molecule has 0 aromatic heterocycles. The van der Waals surface area contributed by atoms with Gasteiger partial charge in [0.1, 0.15) is 0 Å². The fraction of sp³-hybridized carbons (Fsp3) is 1.00. The summed E-state index contributed by atoms with van der Waals surface area (Å²) in [4.78, 5) is 0. The van der Waals surface area contributed by atoms with Crippen molar-refractivity contribution in [1.82, 2.24) is 0 Å². The highest BCUT2D eigenvalue weighted by Gasteiger charge is 2.23. The highest BCUT2D eigenvalue weighted by atomic mass is 15.0. The Bertz CT molecular complexity index is 98.9. The van der Waals surface area contributed by atoms with E-state index in [1.54, 1.807) is 0 Å². The van der Waals surface area contributed by atoms with Crippen LogP contribution in [0.2, 0.25) is 0 Å². The van der Waals surface area contributed by atoms with Crippen LogP contribution in [0.3, 0.4) is 0 Å². The Kier molecular flexibility index (Phi) is 2.72. The number of quaternary nitrogens is 1. The molecule has 60 valence electrons. The lowest BCUT2D eigenvalue weighted by Gasteiger charge is -2.27. The van der Waals surface area contributed by atoms with Gasteiger partial charge in [0.2, 0.25) is 0 Å². The van der Waals surface area contributed by atoms with Crippen LogP contribution in [0.25, 0.3) is 0 Å². The third kappa shape index (κ3) is 1.98. The van der Waals surface area contributed by atoms with E-state index < -0.39 is 0 Å². The van der Waals surface area contributed by atoms with E-state index in [1.807, 2.05) is 0 Å². The van der Waals surface area contributed by atoms with Gasteiger partial charge < -0.3 is 5.32 Å². The summed E-state index contributed by atoms with van der Waals surface area (Å²) in [5.41, 5.74) is 0. The van der Waals surface area contributed by atoms with Gasteiger partial charge in [-0.15, -0.1) is 0 Å². The maximum Gasteiger partial charge on any atom is 0.0884 e. The average molecular weight is 142 g/mol. The van der Waals surface area contributed by atoms with Crippen LogP contribution in [-0.4, -0.2) is 12.1 Å². The summed E-state index contributed by atoms with van der Waals surface area (Å²) in [6, 6.07) is 1.78. The molecule has 0 aromatic carbocycles. The summed E-state index contributed by atoms with van der Waals surface area (Å²) in [7, 11) is 0. The van der Waals surface area contributed by atoms with Gasteiger partial charge in [-0.25, -0.2) is 0 Å². The summed E-state index contributed by atoms with van der Waals surface area (Å²) in [6.07, 6.45) is 4.30. The Balaban J connectivity index is 2.32. The van der Waals surface area contributed by atoms with Crippen LogP contribution in [0.4, 0.5) is 0 Å². The molecule has 0 amide bonds. The van der Waals surface area contributed by atoms with Crippen molar-refractivity contribution in [2.24, 2.45) is 5.92 Å². The van der Waals surface area contributed by atoms with Crippen LogP contribution in [0.1, 0.15) is 40.0 Å². The Hall–Kier alpha value is -0.0400. The smallest absolute Gasteiger partial charge is 0.0884 e. The van der Waals surface area contributed by atoms with Gasteiger partial charge in [-0.2, -0.15) is 0 Å². The zero-order valence-electron chi connectivity index (χ0n) is 7.43. The van der Waals surface area contributed by atoms with Crippen molar-refractivity contribution in [1.29, 1.82) is 0 Å². The monoisotopic (exact) mass is 142 g/mol. The van der Waals surface area contributed by atoms with E-state index in [2.05, 4.69) is 26.1 Å². The molecule has 2 atom stereocenters. The molecule has 1 heterocycles. The Morgan fingerprint density at radius 1 is 1.30 bits per heavy atom. The molecule has 1 saturated heterocycles. The molecule has 1 nitrogen and oxygen atoms in total. The van der Waals surface area contributed by atoms with Gasteiger partial charge in [-0.3, -0.25) is 0 Å². The largest absolute Gasteiger partial charge is 0.341 e. The molecule has 0 radical (unpaired) electrons. The van der Waals surface area contributed by atoms with E-state index in [4.69, 9.17) is 0 Å². The first-order chi connectivity index (χ1) is 4.70. The van der Waals surface area contributed by atoms with Crippen molar-refractivity contribution in [2.75, 3.05) is 0 Å². The predicted octanol–water partition coefficient (Wildman–Crippen LogP) is 1.15. The van der Waals surface area contributed by atoms with E-state index in [0.29, 0.717) is 0 Å². The normalized spacial score (nSPS) is 34.8. The number of rotatable bonds is 1. The van der Waals surface area contributed by atoms with E-state index in [9.17, 15) is 0 Å². The predicted molar refractivity (Wildman–Crippen MR) is 43.9 cm³/mol. The first kappa shape index (κ1) is 8.06. The lowest BCUT2D eigenvalue weighted by Crippen LogP contribution is -2.96. The SMILES string of the molecule is CC(C)[C@@H]1CCC[C@H](C)[NH2+]1. The molecule has 2 N–H and O–H groups in total. The molecule has 10 heavy (non-hydrogen) atoms. The van der Waals surface area contributed by atoms with Gasteiger partial charge in [0.05, 0.1) is 12.1 Å². The molecule has 1 aliphatic rings. The third-order valence-corrected chi connectivity index (χ3v) is 2.63. The minimum atomic E-state index is 0.864. The van der Waals surface area contributed by atoms with Gasteiger partial charge >= 0.3 is 0 Å². The highest BCUT2D eigenvalue weighted by molar-refractivity contribution is 4.65. The number of hydrogen-bond donors (Lipinski definition) is 1. The Morgan fingerprint density at radius 2 is 2.00 bits per heavy atom. The molecule has 0 unspecified atom stereocenters. The van der Waals surface area contributed by atoms with E-state index in [1.165, 1.54) is 19.3 Å². The number of piperidine rings is 1. The van der Waals surface area contributed by atoms with E-state index in [0.717, 1.165) is 18.0 Å². The summed E-state index contributed by atoms with van der Waals surface area (Å²) >= 11 is 0. The minimum absolute atomic E-state index is 0.864. The van der Waals surface area contributed by atoms with Crippen molar-refractivity contribution >= 4 is 0 Å². The third-order valence-electron chi connectivity index (χ3n) is 2.63. The molecule has 1 rings (SSSR count). The molecular weight excluding hydrogens is 122 g/mol. The lowest BCUT2D eigenvalue weighted by molar-refractivity contribution is -0.732. The molecule has 1 aliphatic heterocycles. The molecule has 0 aromatic rings. The first-order valence-corrected chi connectivity index (χ1v) is 4.55. The van der Waals surface area contributed by atoms with Gasteiger partial charge in [-0.1, -0.05) is 13.8 Å². The van der Waals surface area contributed by atoms with Gasteiger partial charge in [0, 0.05) is 5.92 Å². The maximum atomic E-state index is 2.55. The van der Waals surface area contributed by atoms with Crippen LogP contribution in [0.5, 0.6) is 0 Å². The second-order valence-electron chi connectivity index (χ2n) is 4.01. The molecule has 0 aliphatic carbocycles. The second-order valence-corrected chi connectivity index (χ2v) is 4.01. The zero-order chi connectivity index (χ0) is 7.56. The summed E-state index contributed by atoms with van der Waals surface area (Å²) in [6.45, 7) is 7.01. The zero-order valence-corrected chi connectivity index (χ0v) is 7.43. The van der Waals surface area contributed by atoms with Crippen LogP contribution in [0.15, 0.2) is 0 Å². The van der Waals surface area contributed by atoms with E-state index in [-0.39, 0.29) is 0 Å². The van der Waals surface area contributed by atoms with E-state index >= 15 is 0 Å². The molecule has 0 spiro atoms. The van der Waals surface area contributed by atoms with Crippen molar-refractivity contribution < 1.29 is 5.32 Å². The molecule has 0 saturated carbocycles. The van der Waals surface area contributed by atoms with Crippen molar-refractivity contribution in [3.05, 3.63) is 0 Å². The topological polar surface area (TPSA) is 16.6 Å². The fourth-order valence-electron chi connectivity index (χ4n) is 1.85. The van der Waals surface area contributed by atoms with Gasteiger partial charge in [0.25, 0.3) is 0 Å². The highest BCUT2D eigenvalue weighted by Crippen LogP contribution is 2.11. The lowest BCUT2D eigenvalue weighted by atomic mass is 9.92. The second kappa shape index (κ2) is 3.38. The van der Waals surface area contributed by atoms with Crippen LogP contribution in [0, 0.1) is 5.92 Å².